The largest absolute Gasteiger partial charge is 0.497 e. The quantitative estimate of drug-likeness (QED) is 0.461. The lowest BCUT2D eigenvalue weighted by atomic mass is 9.53. The monoisotopic (exact) mass is 515 g/mol. The normalized spacial score (nSPS) is 27.9. The summed E-state index contributed by atoms with van der Waals surface area (Å²) in [6, 6.07) is 6.96. The molecule has 8 nitrogen and oxygen atoms in total. The Bertz CT molecular complexity index is 1090. The van der Waals surface area contributed by atoms with Crippen molar-refractivity contribution < 1.29 is 24.2 Å². The van der Waals surface area contributed by atoms with Gasteiger partial charge in [-0.3, -0.25) is 14.9 Å². The van der Waals surface area contributed by atoms with Crippen LogP contribution in [0.3, 0.4) is 0 Å². The Balaban J connectivity index is 1.49. The molecule has 2 aromatic rings. The average molecular weight is 516 g/mol. The second kappa shape index (κ2) is 10.9. The standard InChI is InChI=1S/C27H37N3O5S/c1-15(24(32)28-12-13-34-4)19-10-11-27(3)14-20-22(16(2)21(27)23(19)31)29-26(36-20)30-25(33)17-6-8-18(35-5)9-7-17/h6-9,15-16,19,21,23,31H,10-14H2,1-5H3,(H,28,32)(H,29,30,33)/t15-,16-,19-,21+,23-,27-/m0/s1. The maximum absolute atomic E-state index is 12.8. The smallest absolute Gasteiger partial charge is 0.257 e. The third kappa shape index (κ3) is 5.14. The molecule has 0 spiro atoms. The number of nitrogens with one attached hydrogen (secondary N) is 2. The summed E-state index contributed by atoms with van der Waals surface area (Å²) in [4.78, 5) is 31.5. The molecule has 36 heavy (non-hydrogen) atoms. The Morgan fingerprint density at radius 1 is 1.28 bits per heavy atom. The number of anilines is 1. The number of carbonyl (C=O) groups excluding carboxylic acids is 2. The van der Waals surface area contributed by atoms with E-state index in [2.05, 4.69) is 24.5 Å². The van der Waals surface area contributed by atoms with Crippen molar-refractivity contribution in [1.82, 2.24) is 10.3 Å². The first-order valence-electron chi connectivity index (χ1n) is 12.6. The number of nitrogens with zero attached hydrogens (tertiary/aromatic N) is 1. The van der Waals surface area contributed by atoms with Crippen LogP contribution in [0.1, 0.15) is 60.5 Å². The molecule has 0 radical (unpaired) electrons. The predicted octanol–water partition coefficient (Wildman–Crippen LogP) is 3.86. The van der Waals surface area contributed by atoms with Crippen molar-refractivity contribution in [2.75, 3.05) is 32.7 Å². The molecular formula is C27H37N3O5S. The molecule has 1 aromatic carbocycles. The number of fused-ring (bicyclic) bond motifs is 2. The molecule has 2 aliphatic carbocycles. The highest BCUT2D eigenvalue weighted by atomic mass is 32.1. The van der Waals surface area contributed by atoms with E-state index in [1.165, 1.54) is 16.2 Å². The molecule has 6 atom stereocenters. The van der Waals surface area contributed by atoms with Crippen molar-refractivity contribution in [1.29, 1.82) is 0 Å². The van der Waals surface area contributed by atoms with Crippen LogP contribution >= 0.6 is 11.3 Å². The maximum Gasteiger partial charge on any atom is 0.257 e. The van der Waals surface area contributed by atoms with Crippen LogP contribution in [0, 0.1) is 23.2 Å². The average Bonchev–Trinajstić information content (AvgIpc) is 3.25. The van der Waals surface area contributed by atoms with Gasteiger partial charge in [0, 0.05) is 35.9 Å². The first-order chi connectivity index (χ1) is 17.2. The zero-order valence-electron chi connectivity index (χ0n) is 21.7. The van der Waals surface area contributed by atoms with Crippen LogP contribution in [0.25, 0.3) is 0 Å². The van der Waals surface area contributed by atoms with Crippen molar-refractivity contribution in [3.8, 4) is 5.75 Å². The number of carbonyl (C=O) groups is 2. The highest BCUT2D eigenvalue weighted by Gasteiger charge is 2.53. The van der Waals surface area contributed by atoms with Crippen molar-refractivity contribution in [3.05, 3.63) is 40.4 Å². The molecule has 1 heterocycles. The second-order valence-corrected chi connectivity index (χ2v) is 11.5. The lowest BCUT2D eigenvalue weighted by molar-refractivity contribution is -0.135. The summed E-state index contributed by atoms with van der Waals surface area (Å²) in [7, 11) is 3.19. The number of hydrogen-bond donors (Lipinski definition) is 3. The highest BCUT2D eigenvalue weighted by Crippen LogP contribution is 2.57. The minimum absolute atomic E-state index is 0.00906. The fourth-order valence-electron chi connectivity index (χ4n) is 6.14. The Hall–Kier alpha value is -2.49. The number of aliphatic hydroxyl groups excluding tert-OH is 1. The number of hydrogen-bond acceptors (Lipinski definition) is 7. The van der Waals surface area contributed by atoms with Gasteiger partial charge in [0.05, 0.1) is 25.5 Å². The van der Waals surface area contributed by atoms with Crippen LogP contribution in [0.5, 0.6) is 5.75 Å². The zero-order chi connectivity index (χ0) is 26.0. The van der Waals surface area contributed by atoms with Gasteiger partial charge in [-0.25, -0.2) is 4.98 Å². The van der Waals surface area contributed by atoms with Gasteiger partial charge in [-0.05, 0) is 60.8 Å². The van der Waals surface area contributed by atoms with Gasteiger partial charge in [-0.2, -0.15) is 0 Å². The maximum atomic E-state index is 12.8. The fraction of sp³-hybridized carbons (Fsp3) is 0.593. The lowest BCUT2D eigenvalue weighted by Crippen LogP contribution is -2.53. The van der Waals surface area contributed by atoms with Crippen LogP contribution in [0.2, 0.25) is 0 Å². The fourth-order valence-corrected chi connectivity index (χ4v) is 7.40. The van der Waals surface area contributed by atoms with Gasteiger partial charge >= 0.3 is 0 Å². The number of benzene rings is 1. The first kappa shape index (κ1) is 26.6. The number of amides is 2. The molecule has 1 fully saturated rings. The highest BCUT2D eigenvalue weighted by molar-refractivity contribution is 7.15. The van der Waals surface area contributed by atoms with E-state index in [-0.39, 0.29) is 40.9 Å². The van der Waals surface area contributed by atoms with Gasteiger partial charge < -0.3 is 19.9 Å². The molecule has 4 rings (SSSR count). The van der Waals surface area contributed by atoms with Crippen LogP contribution in [-0.2, 0) is 16.0 Å². The zero-order valence-corrected chi connectivity index (χ0v) is 22.5. The molecule has 2 aliphatic rings. The summed E-state index contributed by atoms with van der Waals surface area (Å²) < 4.78 is 10.2. The molecule has 1 aromatic heterocycles. The molecule has 0 saturated heterocycles. The summed E-state index contributed by atoms with van der Waals surface area (Å²) in [5, 5.41) is 18.0. The number of aromatic nitrogens is 1. The molecule has 1 saturated carbocycles. The van der Waals surface area contributed by atoms with Gasteiger partial charge in [0.25, 0.3) is 5.91 Å². The molecule has 2 amide bonds. The van der Waals surface area contributed by atoms with Crippen molar-refractivity contribution in [2.45, 2.75) is 52.1 Å². The third-order valence-electron chi connectivity index (χ3n) is 8.16. The summed E-state index contributed by atoms with van der Waals surface area (Å²) in [5.41, 5.74) is 1.40. The van der Waals surface area contributed by atoms with E-state index < -0.39 is 6.10 Å². The van der Waals surface area contributed by atoms with Gasteiger partial charge in [-0.1, -0.05) is 20.8 Å². The van der Waals surface area contributed by atoms with Crippen LogP contribution in [0.15, 0.2) is 24.3 Å². The topological polar surface area (TPSA) is 110 Å². The molecule has 9 heteroatoms. The Morgan fingerprint density at radius 3 is 2.67 bits per heavy atom. The van der Waals surface area contributed by atoms with Crippen LogP contribution in [0.4, 0.5) is 5.13 Å². The SMILES string of the molecule is COCCNC(=O)[C@@H](C)[C@@H]1CC[C@@]2(C)Cc3sc(NC(=O)c4ccc(OC)cc4)nc3[C@@H](C)[C@@H]2[C@H]1O. The van der Waals surface area contributed by atoms with Gasteiger partial charge in [-0.15, -0.1) is 11.3 Å². The van der Waals surface area contributed by atoms with E-state index in [0.29, 0.717) is 29.6 Å². The van der Waals surface area contributed by atoms with Crippen molar-refractivity contribution in [2.24, 2.45) is 23.2 Å². The van der Waals surface area contributed by atoms with Crippen molar-refractivity contribution in [3.63, 3.8) is 0 Å². The summed E-state index contributed by atoms with van der Waals surface area (Å²) >= 11 is 1.52. The van der Waals surface area contributed by atoms with Gasteiger partial charge in [0.2, 0.25) is 5.91 Å². The van der Waals surface area contributed by atoms with Crippen LogP contribution in [-0.4, -0.2) is 55.4 Å². The van der Waals surface area contributed by atoms with Crippen LogP contribution < -0.4 is 15.4 Å². The molecule has 0 bridgehead atoms. The number of methoxy groups -OCH3 is 2. The first-order valence-corrected chi connectivity index (χ1v) is 13.4. The number of rotatable bonds is 8. The number of aliphatic hydroxyl groups is 1. The minimum Gasteiger partial charge on any atom is -0.497 e. The second-order valence-electron chi connectivity index (χ2n) is 10.4. The van der Waals surface area contributed by atoms with E-state index in [9.17, 15) is 14.7 Å². The number of ether oxygens (including phenoxy) is 2. The summed E-state index contributed by atoms with van der Waals surface area (Å²) in [6.45, 7) is 7.20. The minimum atomic E-state index is -0.603. The van der Waals surface area contributed by atoms with E-state index in [1.807, 2.05) is 6.92 Å². The van der Waals surface area contributed by atoms with Gasteiger partial charge in [0.15, 0.2) is 5.13 Å². The van der Waals surface area contributed by atoms with E-state index in [4.69, 9.17) is 14.5 Å². The van der Waals surface area contributed by atoms with E-state index in [0.717, 1.165) is 25.0 Å². The van der Waals surface area contributed by atoms with E-state index >= 15 is 0 Å². The van der Waals surface area contributed by atoms with Crippen molar-refractivity contribution >= 4 is 28.3 Å². The van der Waals surface area contributed by atoms with Gasteiger partial charge in [0.1, 0.15) is 5.75 Å². The Morgan fingerprint density at radius 2 is 2.00 bits per heavy atom. The molecule has 196 valence electrons. The molecule has 0 aliphatic heterocycles. The molecule has 3 N–H and O–H groups in total. The lowest BCUT2D eigenvalue weighted by Gasteiger charge is -2.53. The molecular weight excluding hydrogens is 478 g/mol. The summed E-state index contributed by atoms with van der Waals surface area (Å²) in [6.07, 6.45) is 1.94. The number of thiazole rings is 1. The molecule has 0 unspecified atom stereocenters. The third-order valence-corrected chi connectivity index (χ3v) is 9.14. The Labute approximate surface area is 216 Å². The Kier molecular flexibility index (Phi) is 8.02. The summed E-state index contributed by atoms with van der Waals surface area (Å²) in [5.74, 6) is 0.0507. The predicted molar refractivity (Wildman–Crippen MR) is 140 cm³/mol. The van der Waals surface area contributed by atoms with E-state index in [1.54, 1.807) is 38.5 Å².